The van der Waals surface area contributed by atoms with Gasteiger partial charge in [-0.25, -0.2) is 0 Å². The third-order valence-corrected chi connectivity index (χ3v) is 9.69. The molecule has 0 radical (unpaired) electrons. The Morgan fingerprint density at radius 3 is 1.46 bits per heavy atom. The fourth-order valence-electron chi connectivity index (χ4n) is 6.86. The van der Waals surface area contributed by atoms with Crippen LogP contribution in [0.3, 0.4) is 0 Å². The van der Waals surface area contributed by atoms with Crippen molar-refractivity contribution in [3.8, 4) is 0 Å². The van der Waals surface area contributed by atoms with Crippen molar-refractivity contribution in [2.24, 2.45) is 0 Å². The second-order valence-electron chi connectivity index (χ2n) is 13.9. The predicted octanol–water partition coefficient (Wildman–Crippen LogP) is 5.92. The van der Waals surface area contributed by atoms with Crippen molar-refractivity contribution >= 4 is 0 Å². The number of aliphatic hydroxyl groups is 2. The van der Waals surface area contributed by atoms with Crippen LogP contribution in [0.5, 0.6) is 0 Å². The topological polar surface area (TPSA) is 124 Å². The van der Waals surface area contributed by atoms with Gasteiger partial charge in [0, 0.05) is 0 Å². The van der Waals surface area contributed by atoms with E-state index >= 15 is 0 Å². The molecule has 4 aromatic rings. The first kappa shape index (κ1) is 42.5. The molecule has 4 aromatic carbocycles. The highest BCUT2D eigenvalue weighted by molar-refractivity contribution is 5.16. The lowest BCUT2D eigenvalue weighted by Crippen LogP contribution is -2.66. The zero-order chi connectivity index (χ0) is 39.7. The maximum absolute atomic E-state index is 11.2. The van der Waals surface area contributed by atoms with Crippen LogP contribution >= 0.6 is 0 Å². The van der Waals surface area contributed by atoms with E-state index in [4.69, 9.17) is 42.6 Å². The molecule has 10 atom stereocenters. The largest absolute Gasteiger partial charge is 0.385 e. The summed E-state index contributed by atoms with van der Waals surface area (Å²) in [5.41, 5.74) is 3.85. The third-order valence-electron chi connectivity index (χ3n) is 9.69. The molecule has 0 aromatic heterocycles. The van der Waals surface area contributed by atoms with E-state index in [0.717, 1.165) is 22.3 Å². The summed E-state index contributed by atoms with van der Waals surface area (Å²) < 4.78 is 58.3. The van der Waals surface area contributed by atoms with Crippen LogP contribution in [0, 0.1) is 0 Å². The van der Waals surface area contributed by atoms with E-state index in [1.54, 1.807) is 12.2 Å². The fourth-order valence-corrected chi connectivity index (χ4v) is 6.86. The van der Waals surface area contributed by atoms with Crippen LogP contribution in [0.2, 0.25) is 0 Å². The van der Waals surface area contributed by atoms with Crippen molar-refractivity contribution in [3.05, 3.63) is 169 Å². The molecule has 11 heteroatoms. The molecular formula is C46H54O11. The minimum absolute atomic E-state index is 0.00294. The number of aliphatic hydroxyl groups excluding tert-OH is 2. The lowest BCUT2D eigenvalue weighted by molar-refractivity contribution is -0.370. The van der Waals surface area contributed by atoms with E-state index in [0.29, 0.717) is 6.61 Å². The van der Waals surface area contributed by atoms with Gasteiger partial charge in [-0.1, -0.05) is 133 Å². The SMILES string of the molecule is C=CCOC[C@H]1O[C@H](O)[C@@H](O)[C@@H](OCC=C)[C@@H]1O[C@H]1O[C@H](COCc2ccccc2)[C@@H](OCc2ccccc2)[C@H](OCc2ccccc2)[C@@H]1OCc1ccccc1. The van der Waals surface area contributed by atoms with Crippen LogP contribution in [-0.2, 0) is 69.1 Å². The molecule has 2 aliphatic rings. The lowest BCUT2D eigenvalue weighted by atomic mass is 9.96. The van der Waals surface area contributed by atoms with Crippen LogP contribution in [0.15, 0.2) is 147 Å². The lowest BCUT2D eigenvalue weighted by Gasteiger charge is -2.49. The van der Waals surface area contributed by atoms with E-state index in [1.165, 1.54) is 0 Å². The predicted molar refractivity (Wildman–Crippen MR) is 213 cm³/mol. The summed E-state index contributed by atoms with van der Waals surface area (Å²) in [5, 5.41) is 22.0. The van der Waals surface area contributed by atoms with E-state index in [2.05, 4.69) is 13.2 Å². The average molecular weight is 783 g/mol. The Balaban J connectivity index is 1.37. The zero-order valence-electron chi connectivity index (χ0n) is 32.1. The molecule has 0 unspecified atom stereocenters. The van der Waals surface area contributed by atoms with Crippen LogP contribution < -0.4 is 0 Å². The van der Waals surface area contributed by atoms with Crippen LogP contribution in [-0.4, -0.2) is 98.1 Å². The number of ether oxygens (including phenoxy) is 9. The zero-order valence-corrected chi connectivity index (χ0v) is 32.1. The van der Waals surface area contributed by atoms with Crippen molar-refractivity contribution in [1.82, 2.24) is 0 Å². The first-order valence-corrected chi connectivity index (χ1v) is 19.4. The van der Waals surface area contributed by atoms with Gasteiger partial charge in [0.1, 0.15) is 48.8 Å². The Morgan fingerprint density at radius 2 is 0.930 bits per heavy atom. The molecule has 0 aliphatic carbocycles. The summed E-state index contributed by atoms with van der Waals surface area (Å²) >= 11 is 0. The average Bonchev–Trinajstić information content (AvgIpc) is 3.25. The molecule has 57 heavy (non-hydrogen) atoms. The second-order valence-corrected chi connectivity index (χ2v) is 13.9. The molecule has 0 spiro atoms. The van der Waals surface area contributed by atoms with Crippen LogP contribution in [0.1, 0.15) is 22.3 Å². The maximum atomic E-state index is 11.2. The first-order chi connectivity index (χ1) is 28.0. The molecule has 6 rings (SSSR count). The van der Waals surface area contributed by atoms with E-state index in [9.17, 15) is 10.2 Å². The van der Waals surface area contributed by atoms with Gasteiger partial charge in [0.2, 0.25) is 0 Å². The third kappa shape index (κ3) is 12.5. The summed E-state index contributed by atoms with van der Waals surface area (Å²) in [5.74, 6) is 0. The van der Waals surface area contributed by atoms with Crippen molar-refractivity contribution < 1.29 is 52.8 Å². The summed E-state index contributed by atoms with van der Waals surface area (Å²) in [6.07, 6.45) is -7.02. The van der Waals surface area contributed by atoms with Crippen molar-refractivity contribution in [2.75, 3.05) is 26.4 Å². The molecule has 2 saturated heterocycles. The Labute approximate surface area is 335 Å². The minimum Gasteiger partial charge on any atom is -0.385 e. The number of rotatable bonds is 22. The molecule has 0 amide bonds. The Kier molecular flexibility index (Phi) is 17.0. The number of benzene rings is 4. The first-order valence-electron chi connectivity index (χ1n) is 19.4. The van der Waals surface area contributed by atoms with Gasteiger partial charge in [0.05, 0.1) is 52.9 Å². The summed E-state index contributed by atoms with van der Waals surface area (Å²) in [6.45, 7) is 8.97. The highest BCUT2D eigenvalue weighted by Crippen LogP contribution is 2.35. The molecular weight excluding hydrogens is 728 g/mol. The second kappa shape index (κ2) is 22.8. The van der Waals surface area contributed by atoms with Gasteiger partial charge >= 0.3 is 0 Å². The van der Waals surface area contributed by atoms with Crippen molar-refractivity contribution in [1.29, 1.82) is 0 Å². The summed E-state index contributed by atoms with van der Waals surface area (Å²) in [6, 6.07) is 39.4. The Bertz CT molecular complexity index is 1710. The highest BCUT2D eigenvalue weighted by Gasteiger charge is 2.53. The molecule has 2 heterocycles. The van der Waals surface area contributed by atoms with Gasteiger partial charge in [-0.2, -0.15) is 0 Å². The van der Waals surface area contributed by atoms with E-state index < -0.39 is 61.4 Å². The van der Waals surface area contributed by atoms with Gasteiger partial charge in [0.15, 0.2) is 12.6 Å². The van der Waals surface area contributed by atoms with Gasteiger partial charge in [-0.15, -0.1) is 13.2 Å². The summed E-state index contributed by atoms with van der Waals surface area (Å²) in [7, 11) is 0. The molecule has 0 bridgehead atoms. The highest BCUT2D eigenvalue weighted by atomic mass is 16.7. The normalized spacial score (nSPS) is 27.5. The molecule has 2 aliphatic heterocycles. The fraction of sp³-hybridized carbons (Fsp3) is 0.391. The number of hydrogen-bond donors (Lipinski definition) is 2. The molecule has 2 N–H and O–H groups in total. The molecule has 11 nitrogen and oxygen atoms in total. The molecule has 304 valence electrons. The van der Waals surface area contributed by atoms with Gasteiger partial charge < -0.3 is 52.8 Å². The Hall–Kier alpha value is -4.08. The smallest absolute Gasteiger partial charge is 0.187 e. The van der Waals surface area contributed by atoms with Gasteiger partial charge in [0.25, 0.3) is 0 Å². The van der Waals surface area contributed by atoms with Gasteiger partial charge in [-0.05, 0) is 22.3 Å². The monoisotopic (exact) mass is 782 g/mol. The standard InChI is InChI=1S/C46H54O11/c1-3-25-49-31-38-41(42(51-26-4-2)39(47)45(48)55-38)57-46-44(54-30-36-23-15-8-16-24-36)43(53-29-35-21-13-7-14-22-35)40(52-28-34-19-11-6-12-20-34)37(56-46)32-50-27-33-17-9-5-10-18-33/h3-24,37-48H,1-2,25-32H2/t37-,38-,39+,40-,41-,42-,43+,44+,45+,46-/m1/s1. The molecule has 0 saturated carbocycles. The van der Waals surface area contributed by atoms with Crippen molar-refractivity contribution in [2.45, 2.75) is 87.8 Å². The van der Waals surface area contributed by atoms with Crippen LogP contribution in [0.4, 0.5) is 0 Å². The van der Waals surface area contributed by atoms with E-state index in [-0.39, 0.29) is 46.2 Å². The van der Waals surface area contributed by atoms with Gasteiger partial charge in [-0.3, -0.25) is 0 Å². The quantitative estimate of drug-likeness (QED) is 0.0730. The van der Waals surface area contributed by atoms with Crippen molar-refractivity contribution in [3.63, 3.8) is 0 Å². The van der Waals surface area contributed by atoms with E-state index in [1.807, 2.05) is 121 Å². The maximum Gasteiger partial charge on any atom is 0.187 e. The number of hydrogen-bond acceptors (Lipinski definition) is 11. The Morgan fingerprint density at radius 1 is 0.474 bits per heavy atom. The van der Waals surface area contributed by atoms with Crippen LogP contribution in [0.25, 0.3) is 0 Å². The summed E-state index contributed by atoms with van der Waals surface area (Å²) in [4.78, 5) is 0. The minimum atomic E-state index is -1.56. The molecule has 2 fully saturated rings.